The van der Waals surface area contributed by atoms with Crippen molar-refractivity contribution in [3.05, 3.63) is 101 Å². The third kappa shape index (κ3) is 9.34. The van der Waals surface area contributed by atoms with Crippen molar-refractivity contribution >= 4 is 27.5 Å². The van der Waals surface area contributed by atoms with Crippen LogP contribution in [-0.4, -0.2) is 49.5 Å². The number of rotatable bonds is 12. The van der Waals surface area contributed by atoms with E-state index in [9.17, 15) is 31.2 Å². The summed E-state index contributed by atoms with van der Waals surface area (Å²) in [4.78, 5) is 28.7. The third-order valence-corrected chi connectivity index (χ3v) is 7.61. The van der Waals surface area contributed by atoms with Crippen LogP contribution in [0.5, 0.6) is 0 Å². The maximum absolute atomic E-state index is 14.7. The highest BCUT2D eigenvalue weighted by Gasteiger charge is 2.32. The van der Waals surface area contributed by atoms with Crippen molar-refractivity contribution in [3.63, 3.8) is 0 Å². The van der Waals surface area contributed by atoms with Gasteiger partial charge >= 0.3 is 0 Å². The zero-order valence-corrected chi connectivity index (χ0v) is 24.9. The first-order chi connectivity index (χ1) is 19.7. The van der Waals surface area contributed by atoms with Crippen LogP contribution in [0.1, 0.15) is 44.7 Å². The zero-order valence-electron chi connectivity index (χ0n) is 24.1. The number of hydrogen-bond donors (Lipinski definition) is 1. The number of nitrogens with one attached hydrogen (secondary N) is 1. The second kappa shape index (κ2) is 13.9. The molecule has 0 spiro atoms. The molecule has 0 saturated carbocycles. The van der Waals surface area contributed by atoms with Crippen LogP contribution in [0.15, 0.2) is 72.8 Å². The fourth-order valence-corrected chi connectivity index (χ4v) is 5.42. The molecule has 1 N–H and O–H groups in total. The van der Waals surface area contributed by atoms with Crippen LogP contribution in [0, 0.1) is 17.5 Å². The number of carbonyl (C=O) groups excluding carboxylic acids is 2. The quantitative estimate of drug-likeness (QED) is 0.308. The Kier molecular flexibility index (Phi) is 10.8. The second-order valence-electron chi connectivity index (χ2n) is 11.1. The lowest BCUT2D eigenvalue weighted by atomic mass is 10.00. The number of sulfonamides is 1. The number of halogens is 3. The Labute approximate surface area is 245 Å². The van der Waals surface area contributed by atoms with Crippen molar-refractivity contribution in [3.8, 4) is 0 Å². The molecular formula is C31H36F3N3O4S. The summed E-state index contributed by atoms with van der Waals surface area (Å²) in [7, 11) is -3.91. The van der Waals surface area contributed by atoms with Gasteiger partial charge in [0.05, 0.1) is 11.9 Å². The highest BCUT2D eigenvalue weighted by Crippen LogP contribution is 2.23. The molecule has 0 aliphatic rings. The molecule has 0 aliphatic carbocycles. The fourth-order valence-electron chi connectivity index (χ4n) is 4.46. The van der Waals surface area contributed by atoms with E-state index in [1.807, 2.05) is 51.1 Å². The van der Waals surface area contributed by atoms with Gasteiger partial charge in [-0.3, -0.25) is 13.9 Å². The first-order valence-corrected chi connectivity index (χ1v) is 15.3. The van der Waals surface area contributed by atoms with Gasteiger partial charge in [0.25, 0.3) is 0 Å². The van der Waals surface area contributed by atoms with Crippen molar-refractivity contribution in [1.29, 1.82) is 0 Å². The van der Waals surface area contributed by atoms with Crippen LogP contribution in [0.3, 0.4) is 0 Å². The van der Waals surface area contributed by atoms with E-state index in [4.69, 9.17) is 0 Å². The maximum atomic E-state index is 14.7. The molecule has 0 unspecified atom stereocenters. The molecule has 3 aromatic rings. The van der Waals surface area contributed by atoms with Crippen molar-refractivity contribution in [2.75, 3.05) is 17.1 Å². The Hall–Kier alpha value is -3.86. The Morgan fingerprint density at radius 3 is 2.12 bits per heavy atom. The number of carbonyl (C=O) groups is 2. The van der Waals surface area contributed by atoms with Gasteiger partial charge in [0.15, 0.2) is 11.6 Å². The van der Waals surface area contributed by atoms with Gasteiger partial charge in [0, 0.05) is 43.1 Å². The summed E-state index contributed by atoms with van der Waals surface area (Å²) in [5, 5.41) is 2.92. The summed E-state index contributed by atoms with van der Waals surface area (Å²) in [6, 6.07) is 16.8. The van der Waals surface area contributed by atoms with E-state index in [2.05, 4.69) is 5.32 Å². The minimum absolute atomic E-state index is 0.00236. The average Bonchev–Trinajstić information content (AvgIpc) is 2.90. The Morgan fingerprint density at radius 1 is 0.881 bits per heavy atom. The van der Waals surface area contributed by atoms with E-state index < -0.39 is 50.9 Å². The summed E-state index contributed by atoms with van der Waals surface area (Å²) in [6.45, 7) is 5.03. The van der Waals surface area contributed by atoms with E-state index in [1.54, 1.807) is 6.07 Å². The molecule has 0 aliphatic heterocycles. The molecule has 0 aromatic heterocycles. The highest BCUT2D eigenvalue weighted by atomic mass is 32.2. The van der Waals surface area contributed by atoms with Gasteiger partial charge in [-0.25, -0.2) is 21.6 Å². The molecule has 0 saturated heterocycles. The molecule has 0 radical (unpaired) electrons. The minimum Gasteiger partial charge on any atom is -0.350 e. The molecule has 11 heteroatoms. The summed E-state index contributed by atoms with van der Waals surface area (Å²) in [6.07, 6.45) is 0.885. The fraction of sp³-hybridized carbons (Fsp3) is 0.355. The molecule has 1 atom stereocenters. The predicted octanol–water partition coefficient (Wildman–Crippen LogP) is 5.20. The molecule has 226 valence electrons. The van der Waals surface area contributed by atoms with E-state index in [0.717, 1.165) is 34.3 Å². The largest absolute Gasteiger partial charge is 0.350 e. The Balaban J connectivity index is 1.92. The number of amides is 2. The monoisotopic (exact) mass is 603 g/mol. The smallest absolute Gasteiger partial charge is 0.243 e. The Bertz CT molecular complexity index is 1490. The van der Waals surface area contributed by atoms with Crippen molar-refractivity contribution in [2.24, 2.45) is 0 Å². The molecule has 0 bridgehead atoms. The van der Waals surface area contributed by atoms with Crippen molar-refractivity contribution in [1.82, 2.24) is 10.2 Å². The average molecular weight is 604 g/mol. The van der Waals surface area contributed by atoms with Gasteiger partial charge in [0.1, 0.15) is 11.9 Å². The standard InChI is InChI=1S/C31H36F3N3O4S/c1-31(2,3)35-30(39)28(19-22-11-6-5-7-12-22)36(21-23-13-8-9-14-25(23)32)29(38)15-10-18-37(42(4,40)41)24-16-17-26(33)27(34)20-24/h5-9,11-14,16-17,20,28H,10,15,18-19,21H2,1-4H3,(H,35,39)/t28-/m1/s1. The molecule has 3 aromatic carbocycles. The zero-order chi connectivity index (χ0) is 31.1. The van der Waals surface area contributed by atoms with Crippen LogP contribution in [0.25, 0.3) is 0 Å². The topological polar surface area (TPSA) is 86.8 Å². The van der Waals surface area contributed by atoms with Crippen LogP contribution in [0.4, 0.5) is 18.9 Å². The molecule has 0 fully saturated rings. The van der Waals surface area contributed by atoms with Crippen LogP contribution in [-0.2, 0) is 32.6 Å². The van der Waals surface area contributed by atoms with Crippen molar-refractivity contribution < 1.29 is 31.2 Å². The molecule has 0 heterocycles. The summed E-state index contributed by atoms with van der Waals surface area (Å²) in [5.41, 5.74) is 0.309. The third-order valence-electron chi connectivity index (χ3n) is 6.41. The van der Waals surface area contributed by atoms with E-state index in [-0.39, 0.29) is 43.6 Å². The lowest BCUT2D eigenvalue weighted by Gasteiger charge is -2.34. The van der Waals surface area contributed by atoms with Crippen LogP contribution in [0.2, 0.25) is 0 Å². The van der Waals surface area contributed by atoms with Gasteiger partial charge in [-0.2, -0.15) is 0 Å². The van der Waals surface area contributed by atoms with E-state index >= 15 is 0 Å². The maximum Gasteiger partial charge on any atom is 0.243 e. The van der Waals surface area contributed by atoms with E-state index in [1.165, 1.54) is 23.1 Å². The van der Waals surface area contributed by atoms with Gasteiger partial charge in [-0.15, -0.1) is 0 Å². The van der Waals surface area contributed by atoms with Gasteiger partial charge in [0.2, 0.25) is 21.8 Å². The number of nitrogens with zero attached hydrogens (tertiary/aromatic N) is 2. The van der Waals surface area contributed by atoms with Gasteiger partial charge in [-0.1, -0.05) is 48.5 Å². The Morgan fingerprint density at radius 2 is 1.52 bits per heavy atom. The number of anilines is 1. The molecule has 7 nitrogen and oxygen atoms in total. The lowest BCUT2D eigenvalue weighted by Crippen LogP contribution is -2.54. The highest BCUT2D eigenvalue weighted by molar-refractivity contribution is 7.92. The number of hydrogen-bond acceptors (Lipinski definition) is 4. The summed E-state index contributed by atoms with van der Waals surface area (Å²) < 4.78 is 67.9. The van der Waals surface area contributed by atoms with Gasteiger partial charge < -0.3 is 10.2 Å². The van der Waals surface area contributed by atoms with E-state index in [0.29, 0.717) is 0 Å². The SMILES string of the molecule is CC(C)(C)NC(=O)[C@@H](Cc1ccccc1)N(Cc1ccccc1F)C(=O)CCCN(c1ccc(F)c(F)c1)S(C)(=O)=O. The van der Waals surface area contributed by atoms with Crippen LogP contribution >= 0.6 is 0 Å². The van der Waals surface area contributed by atoms with Crippen molar-refractivity contribution in [2.45, 2.75) is 58.2 Å². The number of benzene rings is 3. The van der Waals surface area contributed by atoms with Gasteiger partial charge in [-0.05, 0) is 51.0 Å². The molecular weight excluding hydrogens is 567 g/mol. The first-order valence-electron chi connectivity index (χ1n) is 13.5. The summed E-state index contributed by atoms with van der Waals surface area (Å²) >= 11 is 0. The molecule has 42 heavy (non-hydrogen) atoms. The lowest BCUT2D eigenvalue weighted by molar-refractivity contribution is -0.142. The normalized spacial score (nSPS) is 12.5. The molecule has 3 rings (SSSR count). The first kappa shape index (κ1) is 32.7. The molecule has 2 amide bonds. The second-order valence-corrected chi connectivity index (χ2v) is 13.0. The van der Waals surface area contributed by atoms with Crippen LogP contribution < -0.4 is 9.62 Å². The minimum atomic E-state index is -3.91. The predicted molar refractivity (Wildman–Crippen MR) is 157 cm³/mol. The summed E-state index contributed by atoms with van der Waals surface area (Å²) in [5.74, 6) is -3.78.